The Morgan fingerprint density at radius 3 is 2.32 bits per heavy atom. The zero-order chi connectivity index (χ0) is 18.8. The zero-order valence-corrected chi connectivity index (χ0v) is 13.6. The van der Waals surface area contributed by atoms with E-state index < -0.39 is 42.7 Å². The number of carbonyl (C=O) groups is 4. The van der Waals surface area contributed by atoms with Crippen molar-refractivity contribution in [2.75, 3.05) is 13.7 Å². The molecule has 9 nitrogen and oxygen atoms in total. The average Bonchev–Trinajstić information content (AvgIpc) is 2.55. The molecule has 0 bridgehead atoms. The van der Waals surface area contributed by atoms with E-state index >= 15 is 0 Å². The van der Waals surface area contributed by atoms with Crippen LogP contribution in [0.2, 0.25) is 0 Å². The number of benzene rings is 1. The third-order valence-corrected chi connectivity index (χ3v) is 3.13. The third kappa shape index (κ3) is 7.82. The summed E-state index contributed by atoms with van der Waals surface area (Å²) in [6.45, 7) is 0.0499. The molecule has 1 atom stereocenters. The minimum absolute atomic E-state index is 0.0499. The summed E-state index contributed by atoms with van der Waals surface area (Å²) in [6.07, 6.45) is -0.537. The maximum atomic E-state index is 11.8. The van der Waals surface area contributed by atoms with Crippen molar-refractivity contribution in [2.45, 2.75) is 25.3 Å². The van der Waals surface area contributed by atoms with E-state index in [1.165, 1.54) is 12.1 Å². The number of esters is 2. The van der Waals surface area contributed by atoms with E-state index in [4.69, 9.17) is 14.9 Å². The molecule has 1 amide bonds. The molecule has 1 aromatic carbocycles. The maximum absolute atomic E-state index is 11.8. The van der Waals surface area contributed by atoms with Crippen LogP contribution in [-0.4, -0.2) is 53.8 Å². The number of amides is 1. The number of rotatable bonds is 8. The summed E-state index contributed by atoms with van der Waals surface area (Å²) in [7, 11) is 1.01. The molecule has 0 spiro atoms. The highest BCUT2D eigenvalue weighted by Crippen LogP contribution is 2.10. The van der Waals surface area contributed by atoms with Gasteiger partial charge in [0, 0.05) is 6.42 Å². The van der Waals surface area contributed by atoms with Crippen molar-refractivity contribution in [3.05, 3.63) is 29.8 Å². The largest absolute Gasteiger partial charge is 0.508 e. The molecule has 0 aliphatic heterocycles. The number of carboxylic acids is 1. The van der Waals surface area contributed by atoms with Crippen molar-refractivity contribution in [1.82, 2.24) is 5.32 Å². The monoisotopic (exact) mass is 353 g/mol. The number of carboxylic acid groups (broad SMARTS) is 1. The van der Waals surface area contributed by atoms with Gasteiger partial charge < -0.3 is 25.0 Å². The molecular formula is C16H19NO8. The van der Waals surface area contributed by atoms with E-state index in [2.05, 4.69) is 10.1 Å². The summed E-state index contributed by atoms with van der Waals surface area (Å²) in [5.74, 6) is -4.15. The predicted octanol–water partition coefficient (Wildman–Crippen LogP) is 0.000500. The molecule has 3 N–H and O–H groups in total. The molecular weight excluding hydrogens is 334 g/mol. The van der Waals surface area contributed by atoms with Gasteiger partial charge in [-0.2, -0.15) is 0 Å². The van der Waals surface area contributed by atoms with Crippen LogP contribution in [0.25, 0.3) is 0 Å². The number of nitrogens with one attached hydrogen (secondary N) is 1. The van der Waals surface area contributed by atoms with Crippen LogP contribution < -0.4 is 5.32 Å². The van der Waals surface area contributed by atoms with Crippen molar-refractivity contribution in [2.24, 2.45) is 0 Å². The summed E-state index contributed by atoms with van der Waals surface area (Å²) < 4.78 is 9.21. The Bertz CT molecular complexity index is 626. The molecule has 0 heterocycles. The molecule has 0 aromatic heterocycles. The average molecular weight is 353 g/mol. The summed E-state index contributed by atoms with van der Waals surface area (Å²) in [6, 6.07) is 5.26. The van der Waals surface area contributed by atoms with Gasteiger partial charge in [0.05, 0.1) is 32.6 Å². The molecule has 0 aliphatic rings. The van der Waals surface area contributed by atoms with Gasteiger partial charge in [-0.05, 0) is 17.7 Å². The fourth-order valence-electron chi connectivity index (χ4n) is 1.93. The highest BCUT2D eigenvalue weighted by Gasteiger charge is 2.24. The first kappa shape index (κ1) is 19.9. The first-order valence-electron chi connectivity index (χ1n) is 7.36. The Balaban J connectivity index is 2.47. The van der Waals surface area contributed by atoms with Crippen LogP contribution in [0.5, 0.6) is 5.75 Å². The number of aromatic hydroxyl groups is 1. The number of carbonyl (C=O) groups excluding carboxylic acids is 3. The molecule has 0 saturated heterocycles. The smallest absolute Gasteiger partial charge is 0.396 e. The molecule has 1 aromatic rings. The number of phenolic OH excluding ortho intramolecular Hbond substituents is 1. The van der Waals surface area contributed by atoms with Crippen molar-refractivity contribution in [1.29, 1.82) is 0 Å². The van der Waals surface area contributed by atoms with E-state index in [9.17, 15) is 19.2 Å². The molecule has 1 unspecified atom stereocenters. The first-order valence-corrected chi connectivity index (χ1v) is 7.36. The van der Waals surface area contributed by atoms with Gasteiger partial charge in [0.1, 0.15) is 5.75 Å². The van der Waals surface area contributed by atoms with Crippen LogP contribution in [0.1, 0.15) is 18.4 Å². The predicted molar refractivity (Wildman–Crippen MR) is 83.6 cm³/mol. The Hall–Kier alpha value is -3.10. The van der Waals surface area contributed by atoms with E-state index in [-0.39, 0.29) is 12.4 Å². The molecule has 0 saturated carbocycles. The molecule has 0 aliphatic carbocycles. The number of hydrogen-bond acceptors (Lipinski definition) is 7. The van der Waals surface area contributed by atoms with Gasteiger partial charge in [-0.1, -0.05) is 12.1 Å². The fourth-order valence-corrected chi connectivity index (χ4v) is 1.93. The lowest BCUT2D eigenvalue weighted by molar-refractivity contribution is -0.154. The van der Waals surface area contributed by atoms with E-state index in [0.29, 0.717) is 6.42 Å². The summed E-state index contributed by atoms with van der Waals surface area (Å²) >= 11 is 0. The standard InChI is InChI=1S/C16H19NO8/c1-24-16(23)15(22)17-11(8-13(19)20)9-14(21)25-7-6-10-2-4-12(18)5-3-10/h2-5,11,18H,6-9H2,1H3,(H,17,22)(H,19,20). The lowest BCUT2D eigenvalue weighted by Crippen LogP contribution is -2.42. The number of methoxy groups -OCH3 is 1. The Morgan fingerprint density at radius 1 is 1.12 bits per heavy atom. The minimum Gasteiger partial charge on any atom is -0.508 e. The van der Waals surface area contributed by atoms with Crippen LogP contribution in [0.3, 0.4) is 0 Å². The molecule has 9 heteroatoms. The van der Waals surface area contributed by atoms with Crippen LogP contribution in [0, 0.1) is 0 Å². The lowest BCUT2D eigenvalue weighted by Gasteiger charge is -2.15. The minimum atomic E-state index is -1.24. The second-order valence-electron chi connectivity index (χ2n) is 5.10. The van der Waals surface area contributed by atoms with Gasteiger partial charge in [-0.25, -0.2) is 4.79 Å². The molecule has 0 fully saturated rings. The van der Waals surface area contributed by atoms with Crippen LogP contribution in [0.4, 0.5) is 0 Å². The van der Waals surface area contributed by atoms with Gasteiger partial charge in [-0.15, -0.1) is 0 Å². The molecule has 136 valence electrons. The first-order chi connectivity index (χ1) is 11.8. The van der Waals surface area contributed by atoms with Crippen molar-refractivity contribution >= 4 is 23.8 Å². The van der Waals surface area contributed by atoms with Gasteiger partial charge in [-0.3, -0.25) is 14.4 Å². The topological polar surface area (TPSA) is 139 Å². The number of ether oxygens (including phenoxy) is 2. The highest BCUT2D eigenvalue weighted by molar-refractivity contribution is 6.32. The highest BCUT2D eigenvalue weighted by atomic mass is 16.5. The SMILES string of the molecule is COC(=O)C(=O)NC(CC(=O)O)CC(=O)OCCc1ccc(O)cc1. The normalized spacial score (nSPS) is 11.2. The third-order valence-electron chi connectivity index (χ3n) is 3.13. The molecule has 25 heavy (non-hydrogen) atoms. The number of aliphatic carboxylic acids is 1. The Labute approximate surface area is 143 Å². The van der Waals surface area contributed by atoms with Crippen LogP contribution in [0.15, 0.2) is 24.3 Å². The Morgan fingerprint density at radius 2 is 1.76 bits per heavy atom. The van der Waals surface area contributed by atoms with Gasteiger partial charge in [0.15, 0.2) is 0 Å². The quantitative estimate of drug-likeness (QED) is 0.438. The molecule has 1 rings (SSSR count). The zero-order valence-electron chi connectivity index (χ0n) is 13.6. The van der Waals surface area contributed by atoms with Crippen molar-refractivity contribution < 1.29 is 38.9 Å². The number of hydrogen-bond donors (Lipinski definition) is 3. The van der Waals surface area contributed by atoms with Gasteiger partial charge in [0.25, 0.3) is 0 Å². The summed E-state index contributed by atoms with van der Waals surface area (Å²) in [4.78, 5) is 45.1. The lowest BCUT2D eigenvalue weighted by atomic mass is 10.1. The second kappa shape index (κ2) is 9.91. The van der Waals surface area contributed by atoms with E-state index in [1.54, 1.807) is 12.1 Å². The van der Waals surface area contributed by atoms with E-state index in [0.717, 1.165) is 12.7 Å². The molecule has 0 radical (unpaired) electrons. The van der Waals surface area contributed by atoms with E-state index in [1.807, 2.05) is 0 Å². The van der Waals surface area contributed by atoms with Gasteiger partial charge in [0.2, 0.25) is 0 Å². The maximum Gasteiger partial charge on any atom is 0.396 e. The number of phenols is 1. The second-order valence-corrected chi connectivity index (χ2v) is 5.10. The van der Waals surface area contributed by atoms with Crippen LogP contribution >= 0.6 is 0 Å². The van der Waals surface area contributed by atoms with Crippen LogP contribution in [-0.2, 0) is 35.1 Å². The summed E-state index contributed by atoms with van der Waals surface area (Å²) in [5.41, 5.74) is 0.840. The fraction of sp³-hybridized carbons (Fsp3) is 0.375. The van der Waals surface area contributed by atoms with Crippen molar-refractivity contribution in [3.63, 3.8) is 0 Å². The van der Waals surface area contributed by atoms with Crippen molar-refractivity contribution in [3.8, 4) is 5.75 Å². The summed E-state index contributed by atoms with van der Waals surface area (Å²) in [5, 5.41) is 20.1. The Kier molecular flexibility index (Phi) is 7.91. The van der Waals surface area contributed by atoms with Gasteiger partial charge >= 0.3 is 23.8 Å².